The number of benzene rings is 2. The molecule has 0 aliphatic rings. The molecule has 108 valence electrons. The summed E-state index contributed by atoms with van der Waals surface area (Å²) in [6, 6.07) is 8.34. The second-order valence-electron chi connectivity index (χ2n) is 4.06. The molecule has 0 fully saturated rings. The van der Waals surface area contributed by atoms with Crippen molar-refractivity contribution in [1.82, 2.24) is 0 Å². The Morgan fingerprint density at radius 3 is 2.67 bits per heavy atom. The first-order chi connectivity index (χ1) is 10.0. The maximum atomic E-state index is 11.6. The van der Waals surface area contributed by atoms with Gasteiger partial charge in [0.1, 0.15) is 5.75 Å². The summed E-state index contributed by atoms with van der Waals surface area (Å²) in [4.78, 5) is 14.2. The molecule has 0 aliphatic carbocycles. The van der Waals surface area contributed by atoms with E-state index >= 15 is 0 Å². The zero-order chi connectivity index (χ0) is 15.4. The van der Waals surface area contributed by atoms with Crippen molar-refractivity contribution < 1.29 is 14.8 Å². The van der Waals surface area contributed by atoms with E-state index in [4.69, 9.17) is 16.3 Å². The Bertz CT molecular complexity index is 716. The smallest absolute Gasteiger partial charge is 0.270 e. The molecule has 0 atom stereocenters. The Hall–Kier alpha value is -2.60. The standard InChI is InChI=1S/C14H11ClN2O4/c1-21-14-5-2-10(7-12(14)15)16-8-9-6-11(17(19)20)3-4-13(9)18/h2-8,18H,1H3/p-1. The number of nitro groups is 1. The molecule has 0 amide bonds. The zero-order valence-electron chi connectivity index (χ0n) is 10.9. The van der Waals surface area contributed by atoms with Crippen LogP contribution in [0.5, 0.6) is 11.5 Å². The van der Waals surface area contributed by atoms with E-state index in [-0.39, 0.29) is 17.0 Å². The molecular weight excluding hydrogens is 296 g/mol. The maximum absolute atomic E-state index is 11.6. The highest BCUT2D eigenvalue weighted by Crippen LogP contribution is 2.29. The molecule has 0 spiro atoms. The summed E-state index contributed by atoms with van der Waals surface area (Å²) in [6.45, 7) is 0. The lowest BCUT2D eigenvalue weighted by Gasteiger charge is -2.08. The Kier molecular flexibility index (Phi) is 4.39. The molecule has 0 saturated heterocycles. The molecule has 0 saturated carbocycles. The Balaban J connectivity index is 2.30. The molecule has 21 heavy (non-hydrogen) atoms. The van der Waals surface area contributed by atoms with Gasteiger partial charge in [-0.2, -0.15) is 0 Å². The molecule has 2 aromatic carbocycles. The third-order valence-corrected chi connectivity index (χ3v) is 2.99. The van der Waals surface area contributed by atoms with Crippen LogP contribution in [0.2, 0.25) is 5.02 Å². The molecule has 6 nitrogen and oxygen atoms in total. The number of non-ortho nitro benzene ring substituents is 1. The number of nitro benzene ring substituents is 1. The molecule has 0 N–H and O–H groups in total. The molecule has 0 aromatic heterocycles. The lowest BCUT2D eigenvalue weighted by molar-refractivity contribution is -0.385. The van der Waals surface area contributed by atoms with Gasteiger partial charge in [-0.05, 0) is 23.8 Å². The van der Waals surface area contributed by atoms with Gasteiger partial charge in [-0.3, -0.25) is 15.1 Å². The van der Waals surface area contributed by atoms with Gasteiger partial charge in [-0.25, -0.2) is 0 Å². The first-order valence-corrected chi connectivity index (χ1v) is 6.22. The molecule has 2 rings (SSSR count). The maximum Gasteiger partial charge on any atom is 0.270 e. The van der Waals surface area contributed by atoms with E-state index in [9.17, 15) is 15.2 Å². The normalized spacial score (nSPS) is 10.8. The minimum absolute atomic E-state index is 0.135. The lowest BCUT2D eigenvalue weighted by Crippen LogP contribution is -1.98. The van der Waals surface area contributed by atoms with Crippen molar-refractivity contribution in [2.24, 2.45) is 4.99 Å². The van der Waals surface area contributed by atoms with E-state index in [0.717, 1.165) is 12.1 Å². The molecule has 0 unspecified atom stereocenters. The van der Waals surface area contributed by atoms with E-state index in [0.29, 0.717) is 16.5 Å². The van der Waals surface area contributed by atoms with Crippen LogP contribution in [0.4, 0.5) is 11.4 Å². The van der Waals surface area contributed by atoms with Crippen LogP contribution in [0.3, 0.4) is 0 Å². The van der Waals surface area contributed by atoms with Crippen molar-refractivity contribution in [3.63, 3.8) is 0 Å². The summed E-state index contributed by atoms with van der Waals surface area (Å²) in [5.41, 5.74) is 0.478. The predicted octanol–water partition coefficient (Wildman–Crippen LogP) is 3.08. The summed E-state index contributed by atoms with van der Waals surface area (Å²) < 4.78 is 5.02. The Morgan fingerprint density at radius 1 is 1.29 bits per heavy atom. The summed E-state index contributed by atoms with van der Waals surface area (Å²) in [7, 11) is 1.50. The highest BCUT2D eigenvalue weighted by Gasteiger charge is 2.05. The number of hydrogen-bond donors (Lipinski definition) is 0. The average molecular weight is 306 g/mol. The van der Waals surface area contributed by atoms with Gasteiger partial charge < -0.3 is 9.84 Å². The minimum Gasteiger partial charge on any atom is -0.872 e. The highest BCUT2D eigenvalue weighted by atomic mass is 35.5. The molecule has 0 aliphatic heterocycles. The average Bonchev–Trinajstić information content (AvgIpc) is 2.46. The number of methoxy groups -OCH3 is 1. The van der Waals surface area contributed by atoms with Crippen LogP contribution in [-0.2, 0) is 0 Å². The van der Waals surface area contributed by atoms with Crippen LogP contribution in [0, 0.1) is 10.1 Å². The third kappa shape index (κ3) is 3.49. The van der Waals surface area contributed by atoms with Gasteiger partial charge in [-0.15, -0.1) is 0 Å². The second kappa shape index (κ2) is 6.23. The van der Waals surface area contributed by atoms with Gasteiger partial charge >= 0.3 is 0 Å². The molecule has 0 bridgehead atoms. The Labute approximate surface area is 125 Å². The van der Waals surface area contributed by atoms with Crippen molar-refractivity contribution in [3.8, 4) is 11.5 Å². The van der Waals surface area contributed by atoms with Crippen LogP contribution in [-0.4, -0.2) is 18.2 Å². The summed E-state index contributed by atoms with van der Waals surface area (Å²) in [5, 5.41) is 22.7. The van der Waals surface area contributed by atoms with Crippen LogP contribution < -0.4 is 9.84 Å². The monoisotopic (exact) mass is 305 g/mol. The van der Waals surface area contributed by atoms with Gasteiger partial charge in [0.25, 0.3) is 5.69 Å². The number of rotatable bonds is 4. The van der Waals surface area contributed by atoms with Crippen molar-refractivity contribution >= 4 is 29.2 Å². The third-order valence-electron chi connectivity index (χ3n) is 2.69. The highest BCUT2D eigenvalue weighted by molar-refractivity contribution is 6.32. The van der Waals surface area contributed by atoms with E-state index in [1.54, 1.807) is 18.2 Å². The molecule has 0 heterocycles. The van der Waals surface area contributed by atoms with Crippen LogP contribution in [0.25, 0.3) is 0 Å². The van der Waals surface area contributed by atoms with Gasteiger partial charge in [0, 0.05) is 18.3 Å². The quantitative estimate of drug-likeness (QED) is 0.493. The first kappa shape index (κ1) is 14.8. The lowest BCUT2D eigenvalue weighted by atomic mass is 10.2. The van der Waals surface area contributed by atoms with E-state index in [1.165, 1.54) is 19.4 Å². The van der Waals surface area contributed by atoms with Crippen LogP contribution in [0.1, 0.15) is 5.56 Å². The summed E-state index contributed by atoms with van der Waals surface area (Å²) >= 11 is 5.96. The van der Waals surface area contributed by atoms with Gasteiger partial charge in [0.2, 0.25) is 0 Å². The SMILES string of the molecule is COc1ccc(N=Cc2cc([N+](=O)[O-])ccc2[O-])cc1Cl. The van der Waals surface area contributed by atoms with E-state index in [2.05, 4.69) is 4.99 Å². The predicted molar refractivity (Wildman–Crippen MR) is 77.8 cm³/mol. The molecule has 7 heteroatoms. The topological polar surface area (TPSA) is 87.8 Å². The zero-order valence-corrected chi connectivity index (χ0v) is 11.7. The first-order valence-electron chi connectivity index (χ1n) is 5.84. The largest absolute Gasteiger partial charge is 0.872 e. The van der Waals surface area contributed by atoms with Crippen molar-refractivity contribution in [2.75, 3.05) is 7.11 Å². The van der Waals surface area contributed by atoms with Gasteiger partial charge in [0.15, 0.2) is 0 Å². The summed E-state index contributed by atoms with van der Waals surface area (Å²) in [6.07, 6.45) is 1.27. The fraction of sp³-hybridized carbons (Fsp3) is 0.0714. The number of hydrogen-bond acceptors (Lipinski definition) is 5. The van der Waals surface area contributed by atoms with E-state index < -0.39 is 4.92 Å². The van der Waals surface area contributed by atoms with Crippen molar-refractivity contribution in [3.05, 3.63) is 57.1 Å². The Morgan fingerprint density at radius 2 is 2.05 bits per heavy atom. The fourth-order valence-electron chi connectivity index (χ4n) is 1.63. The van der Waals surface area contributed by atoms with Crippen molar-refractivity contribution in [2.45, 2.75) is 0 Å². The summed E-state index contributed by atoms with van der Waals surface area (Å²) in [5.74, 6) is 0.166. The number of halogens is 1. The molecular formula is C14H10ClN2O4-. The van der Waals surface area contributed by atoms with Crippen LogP contribution in [0.15, 0.2) is 41.4 Å². The van der Waals surface area contributed by atoms with E-state index in [1.807, 2.05) is 0 Å². The molecule has 0 radical (unpaired) electrons. The minimum atomic E-state index is -0.568. The van der Waals surface area contributed by atoms with Gasteiger partial charge in [0.05, 0.1) is 22.7 Å². The van der Waals surface area contributed by atoms with Crippen LogP contribution >= 0.6 is 11.6 Å². The van der Waals surface area contributed by atoms with Crippen molar-refractivity contribution in [1.29, 1.82) is 0 Å². The number of ether oxygens (including phenoxy) is 1. The second-order valence-corrected chi connectivity index (χ2v) is 4.46. The fourth-order valence-corrected chi connectivity index (χ4v) is 1.88. The molecule has 2 aromatic rings. The number of nitrogens with zero attached hydrogens (tertiary/aromatic N) is 2. The number of aliphatic imine (C=N–C) groups is 1. The van der Waals surface area contributed by atoms with Gasteiger partial charge in [-0.1, -0.05) is 23.4 Å².